The van der Waals surface area contributed by atoms with Crippen LogP contribution < -0.4 is 10.2 Å². The number of carbonyl (C=O) groups is 1. The van der Waals surface area contributed by atoms with Gasteiger partial charge in [-0.2, -0.15) is 0 Å². The van der Waals surface area contributed by atoms with Gasteiger partial charge >= 0.3 is 5.97 Å². The Morgan fingerprint density at radius 3 is 1.84 bits per heavy atom. The van der Waals surface area contributed by atoms with E-state index >= 15 is 0 Å². The Labute approximate surface area is 155 Å². The van der Waals surface area contributed by atoms with E-state index in [1.165, 1.54) is 0 Å². The van der Waals surface area contributed by atoms with Crippen molar-refractivity contribution in [2.45, 2.75) is 77.8 Å². The Hall–Kier alpha value is -1.28. The second-order valence-electron chi connectivity index (χ2n) is 9.77. The lowest BCUT2D eigenvalue weighted by molar-refractivity contribution is 0.0710. The fourth-order valence-corrected chi connectivity index (χ4v) is 3.58. The summed E-state index contributed by atoms with van der Waals surface area (Å²) in [5, 5.41) is -0.0154. The molecule has 1 aromatic carbocycles. The van der Waals surface area contributed by atoms with E-state index in [4.69, 9.17) is 14.6 Å². The molecule has 0 fully saturated rings. The number of hydrogen-bond acceptors (Lipinski definition) is 4. The predicted molar refractivity (Wildman–Crippen MR) is 111 cm³/mol. The molecule has 0 radical (unpaired) electrons. The van der Waals surface area contributed by atoms with Crippen LogP contribution in [0.1, 0.15) is 51.9 Å². The molecule has 142 valence electrons. The Morgan fingerprint density at radius 1 is 0.920 bits per heavy atom. The summed E-state index contributed by atoms with van der Waals surface area (Å²) < 4.78 is 12.3. The standard InChI is InChI=1S/C19H35NO3Si2/c1-18(2,3)24(7,8)22-16-12-11-14(20)13-15(16)17(21)23-25(9,10)19(4,5)6/h11-13H,20H2,1-10H3. The molecule has 2 N–H and O–H groups in total. The van der Waals surface area contributed by atoms with Crippen molar-refractivity contribution in [3.05, 3.63) is 23.8 Å². The quantitative estimate of drug-likeness (QED) is 0.527. The van der Waals surface area contributed by atoms with Crippen molar-refractivity contribution >= 4 is 28.3 Å². The van der Waals surface area contributed by atoms with Crippen LogP contribution >= 0.6 is 0 Å². The highest BCUT2D eigenvalue weighted by atomic mass is 28.4. The van der Waals surface area contributed by atoms with Crippen molar-refractivity contribution < 1.29 is 13.6 Å². The lowest BCUT2D eigenvalue weighted by atomic mass is 10.2. The Bertz CT molecular complexity index is 641. The van der Waals surface area contributed by atoms with Crippen molar-refractivity contribution in [2.24, 2.45) is 0 Å². The van der Waals surface area contributed by atoms with Gasteiger partial charge in [0, 0.05) is 5.69 Å². The number of rotatable bonds is 4. The van der Waals surface area contributed by atoms with Gasteiger partial charge in [0.25, 0.3) is 16.6 Å². The lowest BCUT2D eigenvalue weighted by Crippen LogP contribution is -2.45. The maximum absolute atomic E-state index is 12.9. The van der Waals surface area contributed by atoms with Crippen molar-refractivity contribution in [2.75, 3.05) is 5.73 Å². The molecule has 4 nitrogen and oxygen atoms in total. The first-order valence-electron chi connectivity index (χ1n) is 8.80. The van der Waals surface area contributed by atoms with Crippen LogP contribution in [0.15, 0.2) is 18.2 Å². The van der Waals surface area contributed by atoms with E-state index in [1.54, 1.807) is 18.2 Å². The molecule has 0 unspecified atom stereocenters. The van der Waals surface area contributed by atoms with E-state index in [0.29, 0.717) is 17.0 Å². The van der Waals surface area contributed by atoms with Crippen LogP contribution in [0.3, 0.4) is 0 Å². The van der Waals surface area contributed by atoms with E-state index in [-0.39, 0.29) is 16.0 Å². The maximum Gasteiger partial charge on any atom is 0.328 e. The predicted octanol–water partition coefficient (Wildman–Crippen LogP) is 5.81. The SMILES string of the molecule is CC(C)(C)[Si](C)(C)OC(=O)c1cc(N)ccc1O[Si](C)(C)C(C)(C)C. The third-order valence-electron chi connectivity index (χ3n) is 5.55. The summed E-state index contributed by atoms with van der Waals surface area (Å²) >= 11 is 0. The molecular weight excluding hydrogens is 346 g/mol. The number of nitrogens with two attached hydrogens (primary N) is 1. The molecule has 0 aliphatic rings. The van der Waals surface area contributed by atoms with Gasteiger partial charge in [-0.05, 0) is 54.5 Å². The normalized spacial score (nSPS) is 13.5. The number of anilines is 1. The molecule has 0 saturated carbocycles. The topological polar surface area (TPSA) is 61.5 Å². The Kier molecular flexibility index (Phi) is 5.92. The monoisotopic (exact) mass is 381 g/mol. The van der Waals surface area contributed by atoms with Gasteiger partial charge in [0.1, 0.15) is 11.3 Å². The zero-order valence-electron chi connectivity index (χ0n) is 17.5. The van der Waals surface area contributed by atoms with Gasteiger partial charge in [0.15, 0.2) is 0 Å². The molecule has 1 aromatic rings. The lowest BCUT2D eigenvalue weighted by Gasteiger charge is -2.38. The molecule has 0 aromatic heterocycles. The molecule has 0 heterocycles. The summed E-state index contributed by atoms with van der Waals surface area (Å²) in [6, 6.07) is 5.22. The van der Waals surface area contributed by atoms with Crippen LogP contribution in [0.25, 0.3) is 0 Å². The second kappa shape index (κ2) is 6.80. The molecule has 6 heteroatoms. The molecule has 0 saturated heterocycles. The van der Waals surface area contributed by atoms with Crippen molar-refractivity contribution in [3.63, 3.8) is 0 Å². The largest absolute Gasteiger partial charge is 0.543 e. The third-order valence-corrected chi connectivity index (χ3v) is 14.2. The van der Waals surface area contributed by atoms with Gasteiger partial charge in [-0.1, -0.05) is 41.5 Å². The molecule has 1 rings (SSSR count). The summed E-state index contributed by atoms with van der Waals surface area (Å²) in [5.74, 6) is 0.233. The highest BCUT2D eigenvalue weighted by molar-refractivity contribution is 6.76. The van der Waals surface area contributed by atoms with Crippen LogP contribution in [0, 0.1) is 0 Å². The van der Waals surface area contributed by atoms with E-state index < -0.39 is 16.6 Å². The van der Waals surface area contributed by atoms with Crippen LogP contribution in [-0.2, 0) is 4.43 Å². The van der Waals surface area contributed by atoms with Crippen LogP contribution in [-0.4, -0.2) is 22.6 Å². The van der Waals surface area contributed by atoms with Gasteiger partial charge in [0.2, 0.25) is 0 Å². The fraction of sp³-hybridized carbons (Fsp3) is 0.632. The van der Waals surface area contributed by atoms with Crippen molar-refractivity contribution in [3.8, 4) is 5.75 Å². The molecule has 0 bridgehead atoms. The number of nitrogen functional groups attached to an aromatic ring is 1. The van der Waals surface area contributed by atoms with E-state index in [2.05, 4.69) is 67.7 Å². The van der Waals surface area contributed by atoms with Crippen molar-refractivity contribution in [1.82, 2.24) is 0 Å². The van der Waals surface area contributed by atoms with E-state index in [0.717, 1.165) is 0 Å². The van der Waals surface area contributed by atoms with E-state index in [9.17, 15) is 4.79 Å². The average Bonchev–Trinajstić information content (AvgIpc) is 2.37. The highest BCUT2D eigenvalue weighted by Gasteiger charge is 2.42. The number of benzene rings is 1. The highest BCUT2D eigenvalue weighted by Crippen LogP contribution is 2.40. The zero-order valence-corrected chi connectivity index (χ0v) is 19.5. The minimum absolute atomic E-state index is 0.0367. The second-order valence-corrected chi connectivity index (χ2v) is 19.2. The molecule has 0 spiro atoms. The number of hydrogen-bond donors (Lipinski definition) is 1. The van der Waals surface area contributed by atoms with Gasteiger partial charge in [-0.25, -0.2) is 4.79 Å². The first kappa shape index (κ1) is 21.8. The van der Waals surface area contributed by atoms with Crippen LogP contribution in [0.2, 0.25) is 36.3 Å². The minimum atomic E-state index is -2.22. The average molecular weight is 382 g/mol. The van der Waals surface area contributed by atoms with Crippen LogP contribution in [0.4, 0.5) is 5.69 Å². The third kappa shape index (κ3) is 5.10. The molecule has 0 aliphatic heterocycles. The van der Waals surface area contributed by atoms with Crippen molar-refractivity contribution in [1.29, 1.82) is 0 Å². The number of carbonyl (C=O) groups excluding carboxylic acids is 1. The Morgan fingerprint density at radius 2 is 1.40 bits per heavy atom. The summed E-state index contributed by atoms with van der Waals surface area (Å²) in [5.41, 5.74) is 6.88. The smallest absolute Gasteiger partial charge is 0.328 e. The molecule has 25 heavy (non-hydrogen) atoms. The first-order valence-corrected chi connectivity index (χ1v) is 14.6. The van der Waals surface area contributed by atoms with Gasteiger partial charge in [-0.3, -0.25) is 0 Å². The summed E-state index contributed by atoms with van der Waals surface area (Å²) in [4.78, 5) is 12.9. The zero-order chi connectivity index (χ0) is 19.8. The van der Waals surface area contributed by atoms with E-state index in [1.807, 2.05) is 0 Å². The summed E-state index contributed by atoms with van der Waals surface area (Å²) in [7, 11) is -4.29. The minimum Gasteiger partial charge on any atom is -0.543 e. The summed E-state index contributed by atoms with van der Waals surface area (Å²) in [6.07, 6.45) is 0. The molecule has 0 aliphatic carbocycles. The van der Waals surface area contributed by atoms with Gasteiger partial charge in [0.05, 0.1) is 0 Å². The molecular formula is C19H35NO3Si2. The van der Waals surface area contributed by atoms with Crippen LogP contribution in [0.5, 0.6) is 5.75 Å². The van der Waals surface area contributed by atoms with Gasteiger partial charge in [-0.15, -0.1) is 0 Å². The van der Waals surface area contributed by atoms with Gasteiger partial charge < -0.3 is 14.6 Å². The Balaban J connectivity index is 3.24. The first-order chi connectivity index (χ1) is 11.0. The summed E-state index contributed by atoms with van der Waals surface area (Å²) in [6.45, 7) is 21.3. The molecule has 0 atom stereocenters. The maximum atomic E-state index is 12.9. The fourth-order valence-electron chi connectivity index (χ4n) is 1.66. The molecule has 0 amide bonds.